The Balaban J connectivity index is 1.05. The lowest BCUT2D eigenvalue weighted by atomic mass is 9.65. The van der Waals surface area contributed by atoms with Crippen LogP contribution in [0.4, 0.5) is 13.6 Å². The molecule has 2 spiro atoms. The van der Waals surface area contributed by atoms with Gasteiger partial charge in [0.1, 0.15) is 0 Å². The summed E-state index contributed by atoms with van der Waals surface area (Å²) in [6.07, 6.45) is 7.35. The summed E-state index contributed by atoms with van der Waals surface area (Å²) in [5.41, 5.74) is 0.789. The molecule has 4 heterocycles. The molecule has 11 heteroatoms. The Kier molecular flexibility index (Phi) is 5.31. The van der Waals surface area contributed by atoms with E-state index >= 15 is 0 Å². The molecule has 0 radical (unpaired) electrons. The predicted octanol–water partition coefficient (Wildman–Crippen LogP) is 2.22. The summed E-state index contributed by atoms with van der Waals surface area (Å²) in [5, 5.41) is 0. The fourth-order valence-electron chi connectivity index (χ4n) is 5.74. The van der Waals surface area contributed by atoms with Crippen molar-refractivity contribution in [3.8, 4) is 5.88 Å². The van der Waals surface area contributed by atoms with Crippen molar-refractivity contribution in [3.05, 3.63) is 23.9 Å². The Morgan fingerprint density at radius 3 is 2.41 bits per heavy atom. The number of carbonyl (C=O) groups is 1. The van der Waals surface area contributed by atoms with Crippen LogP contribution in [0.2, 0.25) is 0 Å². The standard InChI is InChI=1S/C21H28F2N4O4S/c22-18(23)31-17-2-1-16(10-24-17)9-15-3-5-20(6-4-15)11-26(12-20)19(28)27-13-21(14-27)7-8-32(29,30)25-21/h1-2,10,15,18,25H,3-9,11-14H2. The minimum absolute atomic E-state index is 0.0200. The first kappa shape index (κ1) is 21.8. The lowest BCUT2D eigenvalue weighted by Crippen LogP contribution is -2.72. The third kappa shape index (κ3) is 4.28. The number of amides is 2. The van der Waals surface area contributed by atoms with Gasteiger partial charge in [-0.25, -0.2) is 22.9 Å². The molecule has 32 heavy (non-hydrogen) atoms. The van der Waals surface area contributed by atoms with E-state index in [1.54, 1.807) is 17.2 Å². The summed E-state index contributed by atoms with van der Waals surface area (Å²) >= 11 is 0. The lowest BCUT2D eigenvalue weighted by Gasteiger charge is -2.57. The number of rotatable bonds is 4. The predicted molar refractivity (Wildman–Crippen MR) is 112 cm³/mol. The van der Waals surface area contributed by atoms with Crippen molar-refractivity contribution in [3.63, 3.8) is 0 Å². The number of sulfonamides is 1. The molecule has 3 saturated heterocycles. The quantitative estimate of drug-likeness (QED) is 0.729. The number of nitrogens with one attached hydrogen (secondary N) is 1. The number of alkyl halides is 2. The Morgan fingerprint density at radius 1 is 1.16 bits per heavy atom. The number of hydrogen-bond donors (Lipinski definition) is 1. The van der Waals surface area contributed by atoms with Crippen LogP contribution < -0.4 is 9.46 Å². The molecule has 2 amide bonds. The molecule has 1 aliphatic carbocycles. The second-order valence-corrected chi connectivity index (χ2v) is 11.8. The average Bonchev–Trinajstić information content (AvgIpc) is 3.02. The molecule has 0 bridgehead atoms. The van der Waals surface area contributed by atoms with Crippen LogP contribution in [0.1, 0.15) is 37.7 Å². The molecular formula is C21H28F2N4O4S. The number of urea groups is 1. The van der Waals surface area contributed by atoms with Crippen LogP contribution in [0.25, 0.3) is 0 Å². The van der Waals surface area contributed by atoms with Gasteiger partial charge in [0.15, 0.2) is 0 Å². The van der Waals surface area contributed by atoms with Crippen molar-refractivity contribution in [2.75, 3.05) is 31.9 Å². The van der Waals surface area contributed by atoms with Crippen LogP contribution in [0.5, 0.6) is 5.88 Å². The molecule has 8 nitrogen and oxygen atoms in total. The first-order valence-corrected chi connectivity index (χ1v) is 12.8. The van der Waals surface area contributed by atoms with E-state index in [1.807, 2.05) is 4.90 Å². The summed E-state index contributed by atoms with van der Waals surface area (Å²) in [6, 6.07) is 3.30. The van der Waals surface area contributed by atoms with Crippen molar-refractivity contribution in [1.29, 1.82) is 0 Å². The normalized spacial score (nSPS) is 25.7. The second-order valence-electron chi connectivity index (χ2n) is 9.98. The van der Waals surface area contributed by atoms with Gasteiger partial charge in [0, 0.05) is 43.9 Å². The molecule has 0 unspecified atom stereocenters. The molecule has 1 N–H and O–H groups in total. The highest BCUT2D eigenvalue weighted by Gasteiger charge is 2.54. The van der Waals surface area contributed by atoms with Gasteiger partial charge in [-0.15, -0.1) is 0 Å². The van der Waals surface area contributed by atoms with Crippen molar-refractivity contribution < 1.29 is 26.7 Å². The van der Waals surface area contributed by atoms with E-state index in [4.69, 9.17) is 0 Å². The van der Waals surface area contributed by atoms with Crippen LogP contribution in [-0.2, 0) is 16.4 Å². The minimum atomic E-state index is -3.17. The summed E-state index contributed by atoms with van der Waals surface area (Å²) in [4.78, 5) is 20.3. The van der Waals surface area contributed by atoms with Gasteiger partial charge < -0.3 is 14.5 Å². The molecule has 4 fully saturated rings. The van der Waals surface area contributed by atoms with E-state index in [9.17, 15) is 22.0 Å². The Labute approximate surface area is 186 Å². The largest absolute Gasteiger partial charge is 0.417 e. The number of hydrogen-bond acceptors (Lipinski definition) is 5. The number of pyridine rings is 1. The molecule has 4 aliphatic rings. The molecule has 1 aromatic heterocycles. The van der Waals surface area contributed by atoms with Gasteiger partial charge in [0.2, 0.25) is 15.9 Å². The number of nitrogens with zero attached hydrogens (tertiary/aromatic N) is 3. The fourth-order valence-corrected chi connectivity index (χ4v) is 7.39. The maximum Gasteiger partial charge on any atom is 0.388 e. The first-order valence-electron chi connectivity index (χ1n) is 11.1. The van der Waals surface area contributed by atoms with E-state index in [-0.39, 0.29) is 23.1 Å². The van der Waals surface area contributed by atoms with E-state index < -0.39 is 22.2 Å². The fraction of sp³-hybridized carbons (Fsp3) is 0.714. The Hall–Kier alpha value is -2.01. The smallest absolute Gasteiger partial charge is 0.388 e. The number of likely N-dealkylation sites (tertiary alicyclic amines) is 2. The number of ether oxygens (including phenoxy) is 1. The van der Waals surface area contributed by atoms with Gasteiger partial charge in [-0.1, -0.05) is 6.07 Å². The van der Waals surface area contributed by atoms with Crippen LogP contribution in [-0.4, -0.2) is 73.3 Å². The van der Waals surface area contributed by atoms with E-state index in [2.05, 4.69) is 14.4 Å². The minimum Gasteiger partial charge on any atom is -0.417 e. The third-order valence-corrected chi connectivity index (χ3v) is 8.99. The molecule has 5 rings (SSSR count). The van der Waals surface area contributed by atoms with E-state index in [0.717, 1.165) is 50.8 Å². The number of carbonyl (C=O) groups excluding carboxylic acids is 1. The molecule has 176 valence electrons. The van der Waals surface area contributed by atoms with E-state index in [0.29, 0.717) is 25.4 Å². The van der Waals surface area contributed by atoms with Gasteiger partial charge in [0.05, 0.1) is 11.3 Å². The summed E-state index contributed by atoms with van der Waals surface area (Å²) in [6.45, 7) is -0.392. The van der Waals surface area contributed by atoms with Crippen LogP contribution in [0.3, 0.4) is 0 Å². The third-order valence-electron chi connectivity index (χ3n) is 7.50. The second kappa shape index (κ2) is 7.79. The van der Waals surface area contributed by atoms with Gasteiger partial charge in [-0.3, -0.25) is 0 Å². The zero-order valence-electron chi connectivity index (χ0n) is 17.8. The highest BCUT2D eigenvalue weighted by Crippen LogP contribution is 2.47. The molecular weight excluding hydrogens is 442 g/mol. The highest BCUT2D eigenvalue weighted by atomic mass is 32.2. The monoisotopic (exact) mass is 470 g/mol. The summed E-state index contributed by atoms with van der Waals surface area (Å²) in [5.74, 6) is 0.607. The maximum absolute atomic E-state index is 12.7. The highest BCUT2D eigenvalue weighted by molar-refractivity contribution is 7.89. The lowest BCUT2D eigenvalue weighted by molar-refractivity contribution is -0.0528. The number of halogens is 2. The Morgan fingerprint density at radius 2 is 1.84 bits per heavy atom. The molecule has 1 saturated carbocycles. The zero-order valence-corrected chi connectivity index (χ0v) is 18.6. The number of aromatic nitrogens is 1. The molecule has 0 aromatic carbocycles. The van der Waals surface area contributed by atoms with Crippen molar-refractivity contribution in [2.24, 2.45) is 11.3 Å². The average molecular weight is 471 g/mol. The van der Waals surface area contributed by atoms with Crippen molar-refractivity contribution >= 4 is 16.1 Å². The van der Waals surface area contributed by atoms with Gasteiger partial charge >= 0.3 is 12.6 Å². The van der Waals surface area contributed by atoms with Crippen LogP contribution >= 0.6 is 0 Å². The molecule has 3 aliphatic heterocycles. The van der Waals surface area contributed by atoms with Crippen LogP contribution in [0, 0.1) is 11.3 Å². The zero-order chi connectivity index (χ0) is 22.6. The maximum atomic E-state index is 12.7. The van der Waals surface area contributed by atoms with Gasteiger partial charge in [-0.05, 0) is 50.0 Å². The summed E-state index contributed by atoms with van der Waals surface area (Å²) in [7, 11) is -3.17. The topological polar surface area (TPSA) is 91.8 Å². The SMILES string of the molecule is O=C(N1CC2(CCC(Cc3ccc(OC(F)F)nc3)CC2)C1)N1CC2(CCS(=O)(=O)N2)C1. The van der Waals surface area contributed by atoms with Crippen molar-refractivity contribution in [1.82, 2.24) is 19.5 Å². The Bertz CT molecular complexity index is 966. The summed E-state index contributed by atoms with van der Waals surface area (Å²) < 4.78 is 54.8. The van der Waals surface area contributed by atoms with Crippen molar-refractivity contribution in [2.45, 2.75) is 50.7 Å². The van der Waals surface area contributed by atoms with Crippen LogP contribution in [0.15, 0.2) is 18.3 Å². The molecule has 1 aromatic rings. The van der Waals surface area contributed by atoms with Gasteiger partial charge in [0.25, 0.3) is 0 Å². The van der Waals surface area contributed by atoms with Gasteiger partial charge in [-0.2, -0.15) is 8.78 Å². The molecule has 0 atom stereocenters. The first-order chi connectivity index (χ1) is 15.1. The van der Waals surface area contributed by atoms with E-state index in [1.165, 1.54) is 6.07 Å².